The maximum absolute atomic E-state index is 4.74. The summed E-state index contributed by atoms with van der Waals surface area (Å²) in [5, 5.41) is 3.30. The molecule has 0 bridgehead atoms. The molecule has 0 amide bonds. The standard InChI is InChI=1S/C16H20N4/c1-2-17-14-12-15(20-10-6-7-11-20)19-16(18-14)13-8-4-3-5-9-13/h3-5,8-9,12H,2,6-7,10-11H2,1H3,(H,17,18,19). The van der Waals surface area contributed by atoms with E-state index in [0.717, 1.165) is 42.7 Å². The second-order valence-electron chi connectivity index (χ2n) is 5.03. The van der Waals surface area contributed by atoms with E-state index in [1.165, 1.54) is 12.8 Å². The van der Waals surface area contributed by atoms with Crippen LogP contribution in [0.2, 0.25) is 0 Å². The third-order valence-electron chi connectivity index (χ3n) is 3.53. The van der Waals surface area contributed by atoms with Crippen molar-refractivity contribution in [3.05, 3.63) is 36.4 Å². The third kappa shape index (κ3) is 2.74. The predicted molar refractivity (Wildman–Crippen MR) is 83.1 cm³/mol. The van der Waals surface area contributed by atoms with E-state index in [0.29, 0.717) is 0 Å². The Morgan fingerprint density at radius 1 is 1.10 bits per heavy atom. The molecule has 2 aromatic rings. The Labute approximate surface area is 119 Å². The summed E-state index contributed by atoms with van der Waals surface area (Å²) in [7, 11) is 0. The fourth-order valence-corrected chi connectivity index (χ4v) is 2.53. The lowest BCUT2D eigenvalue weighted by Gasteiger charge is -2.18. The van der Waals surface area contributed by atoms with Crippen LogP contribution in [0.5, 0.6) is 0 Å². The Kier molecular flexibility index (Phi) is 3.81. The summed E-state index contributed by atoms with van der Waals surface area (Å²) >= 11 is 0. The second kappa shape index (κ2) is 5.90. The van der Waals surface area contributed by atoms with Gasteiger partial charge in [0.15, 0.2) is 5.82 Å². The monoisotopic (exact) mass is 268 g/mol. The molecule has 4 nitrogen and oxygen atoms in total. The van der Waals surface area contributed by atoms with Gasteiger partial charge in [0.25, 0.3) is 0 Å². The Bertz CT molecular complexity index is 562. The maximum atomic E-state index is 4.74. The number of aromatic nitrogens is 2. The lowest BCUT2D eigenvalue weighted by Crippen LogP contribution is -2.20. The van der Waals surface area contributed by atoms with Gasteiger partial charge in [0.1, 0.15) is 11.6 Å². The molecule has 1 aromatic carbocycles. The fraction of sp³-hybridized carbons (Fsp3) is 0.375. The lowest BCUT2D eigenvalue weighted by molar-refractivity contribution is 0.929. The number of nitrogens with zero attached hydrogens (tertiary/aromatic N) is 3. The second-order valence-corrected chi connectivity index (χ2v) is 5.03. The van der Waals surface area contributed by atoms with Crippen molar-refractivity contribution in [2.75, 3.05) is 29.9 Å². The SMILES string of the molecule is CCNc1cc(N2CCCC2)nc(-c2ccccc2)n1. The minimum atomic E-state index is 0.797. The largest absolute Gasteiger partial charge is 0.370 e. The molecule has 1 aliphatic heterocycles. The van der Waals surface area contributed by atoms with Gasteiger partial charge in [0, 0.05) is 31.3 Å². The zero-order valence-corrected chi connectivity index (χ0v) is 11.8. The number of hydrogen-bond donors (Lipinski definition) is 1. The fourth-order valence-electron chi connectivity index (χ4n) is 2.53. The van der Waals surface area contributed by atoms with Crippen molar-refractivity contribution in [3.8, 4) is 11.4 Å². The molecule has 1 aromatic heterocycles. The summed E-state index contributed by atoms with van der Waals surface area (Å²) < 4.78 is 0. The molecule has 1 aliphatic rings. The molecule has 4 heteroatoms. The summed E-state index contributed by atoms with van der Waals surface area (Å²) in [5.41, 5.74) is 1.06. The molecule has 0 aliphatic carbocycles. The average Bonchev–Trinajstić information content (AvgIpc) is 3.02. The summed E-state index contributed by atoms with van der Waals surface area (Å²) in [6, 6.07) is 12.2. The number of nitrogens with one attached hydrogen (secondary N) is 1. The van der Waals surface area contributed by atoms with E-state index in [9.17, 15) is 0 Å². The molecule has 1 N–H and O–H groups in total. The van der Waals surface area contributed by atoms with E-state index in [4.69, 9.17) is 4.98 Å². The first-order chi connectivity index (χ1) is 9.86. The molecule has 20 heavy (non-hydrogen) atoms. The third-order valence-corrected chi connectivity index (χ3v) is 3.53. The van der Waals surface area contributed by atoms with Crippen LogP contribution < -0.4 is 10.2 Å². The highest BCUT2D eigenvalue weighted by atomic mass is 15.2. The highest BCUT2D eigenvalue weighted by molar-refractivity contribution is 5.61. The zero-order valence-electron chi connectivity index (χ0n) is 11.8. The van der Waals surface area contributed by atoms with Crippen LogP contribution in [-0.2, 0) is 0 Å². The van der Waals surface area contributed by atoms with E-state index >= 15 is 0 Å². The molecule has 1 saturated heterocycles. The first-order valence-corrected chi connectivity index (χ1v) is 7.30. The van der Waals surface area contributed by atoms with Gasteiger partial charge in [-0.05, 0) is 19.8 Å². The van der Waals surface area contributed by atoms with Crippen LogP contribution >= 0.6 is 0 Å². The van der Waals surface area contributed by atoms with Gasteiger partial charge in [-0.1, -0.05) is 30.3 Å². The van der Waals surface area contributed by atoms with E-state index in [1.54, 1.807) is 0 Å². The number of rotatable bonds is 4. The molecule has 0 unspecified atom stereocenters. The smallest absolute Gasteiger partial charge is 0.163 e. The Hall–Kier alpha value is -2.10. The van der Waals surface area contributed by atoms with Crippen LogP contribution in [0.25, 0.3) is 11.4 Å². The molecule has 1 fully saturated rings. The van der Waals surface area contributed by atoms with Crippen molar-refractivity contribution in [1.82, 2.24) is 9.97 Å². The topological polar surface area (TPSA) is 41.0 Å². The molecule has 104 valence electrons. The Morgan fingerprint density at radius 2 is 1.85 bits per heavy atom. The van der Waals surface area contributed by atoms with E-state index in [1.807, 2.05) is 18.2 Å². The molecular formula is C16H20N4. The molecule has 2 heterocycles. The minimum absolute atomic E-state index is 0.797. The summed E-state index contributed by atoms with van der Waals surface area (Å²) in [6.45, 7) is 5.14. The first-order valence-electron chi connectivity index (χ1n) is 7.30. The highest BCUT2D eigenvalue weighted by Crippen LogP contribution is 2.24. The summed E-state index contributed by atoms with van der Waals surface area (Å²) in [4.78, 5) is 11.7. The lowest BCUT2D eigenvalue weighted by atomic mass is 10.2. The van der Waals surface area contributed by atoms with Crippen molar-refractivity contribution >= 4 is 11.6 Å². The van der Waals surface area contributed by atoms with Crippen molar-refractivity contribution in [3.63, 3.8) is 0 Å². The average molecular weight is 268 g/mol. The molecular weight excluding hydrogens is 248 g/mol. The molecule has 3 rings (SSSR count). The molecule has 0 spiro atoms. The number of benzene rings is 1. The zero-order chi connectivity index (χ0) is 13.8. The van der Waals surface area contributed by atoms with Gasteiger partial charge in [-0.2, -0.15) is 0 Å². The quantitative estimate of drug-likeness (QED) is 0.924. The van der Waals surface area contributed by atoms with Gasteiger partial charge in [0.05, 0.1) is 0 Å². The number of hydrogen-bond acceptors (Lipinski definition) is 4. The highest BCUT2D eigenvalue weighted by Gasteiger charge is 2.16. The van der Waals surface area contributed by atoms with Gasteiger partial charge in [-0.15, -0.1) is 0 Å². The van der Waals surface area contributed by atoms with Crippen molar-refractivity contribution in [2.24, 2.45) is 0 Å². The van der Waals surface area contributed by atoms with Gasteiger partial charge in [-0.25, -0.2) is 9.97 Å². The predicted octanol–water partition coefficient (Wildman–Crippen LogP) is 3.18. The Balaban J connectivity index is 2.00. The van der Waals surface area contributed by atoms with E-state index in [2.05, 4.69) is 40.3 Å². The van der Waals surface area contributed by atoms with Crippen molar-refractivity contribution < 1.29 is 0 Å². The van der Waals surface area contributed by atoms with Crippen LogP contribution in [-0.4, -0.2) is 29.6 Å². The van der Waals surface area contributed by atoms with Gasteiger partial charge < -0.3 is 10.2 Å². The molecule has 0 atom stereocenters. The van der Waals surface area contributed by atoms with E-state index < -0.39 is 0 Å². The van der Waals surface area contributed by atoms with Crippen molar-refractivity contribution in [1.29, 1.82) is 0 Å². The minimum Gasteiger partial charge on any atom is -0.370 e. The maximum Gasteiger partial charge on any atom is 0.163 e. The first kappa shape index (κ1) is 12.9. The van der Waals surface area contributed by atoms with Gasteiger partial charge in [-0.3, -0.25) is 0 Å². The summed E-state index contributed by atoms with van der Waals surface area (Å²) in [5.74, 6) is 2.74. The van der Waals surface area contributed by atoms with Gasteiger partial charge >= 0.3 is 0 Å². The van der Waals surface area contributed by atoms with Crippen LogP contribution in [0, 0.1) is 0 Å². The van der Waals surface area contributed by atoms with Crippen LogP contribution in [0.15, 0.2) is 36.4 Å². The summed E-state index contributed by atoms with van der Waals surface area (Å²) in [6.07, 6.45) is 2.50. The normalized spacial score (nSPS) is 14.6. The van der Waals surface area contributed by atoms with Gasteiger partial charge in [0.2, 0.25) is 0 Å². The van der Waals surface area contributed by atoms with Crippen molar-refractivity contribution in [2.45, 2.75) is 19.8 Å². The number of anilines is 2. The van der Waals surface area contributed by atoms with Crippen LogP contribution in [0.1, 0.15) is 19.8 Å². The van der Waals surface area contributed by atoms with Crippen LogP contribution in [0.4, 0.5) is 11.6 Å². The molecule has 0 saturated carbocycles. The Morgan fingerprint density at radius 3 is 2.55 bits per heavy atom. The van der Waals surface area contributed by atoms with E-state index in [-0.39, 0.29) is 0 Å². The van der Waals surface area contributed by atoms with Crippen LogP contribution in [0.3, 0.4) is 0 Å². The molecule has 0 radical (unpaired) electrons.